The fourth-order valence-electron chi connectivity index (χ4n) is 2.82. The van der Waals surface area contributed by atoms with Crippen LogP contribution in [0.4, 0.5) is 0 Å². The molecule has 0 amide bonds. The van der Waals surface area contributed by atoms with E-state index in [1.165, 1.54) is 56.4 Å². The molecule has 0 aromatic heterocycles. The van der Waals surface area contributed by atoms with Gasteiger partial charge in [0.2, 0.25) is 0 Å². The summed E-state index contributed by atoms with van der Waals surface area (Å²) in [4.78, 5) is 0. The summed E-state index contributed by atoms with van der Waals surface area (Å²) in [6.07, 6.45) is 11.3. The SMILES string of the molecule is C=C(CCCCC1CCSS1)NCCCNCCCCNCCCN. The summed E-state index contributed by atoms with van der Waals surface area (Å²) in [6, 6.07) is 0. The first kappa shape index (κ1) is 23.2. The molecule has 1 atom stereocenters. The van der Waals surface area contributed by atoms with Gasteiger partial charge in [-0.05, 0) is 84.1 Å². The van der Waals surface area contributed by atoms with Crippen molar-refractivity contribution in [3.8, 4) is 0 Å². The third kappa shape index (κ3) is 14.9. The highest BCUT2D eigenvalue weighted by Gasteiger charge is 2.15. The maximum atomic E-state index is 5.46. The lowest BCUT2D eigenvalue weighted by atomic mass is 10.1. The monoisotopic (exact) mass is 388 g/mol. The summed E-state index contributed by atoms with van der Waals surface area (Å²) in [5.41, 5.74) is 6.68. The van der Waals surface area contributed by atoms with Crippen molar-refractivity contribution in [3.63, 3.8) is 0 Å². The Morgan fingerprint density at radius 2 is 1.64 bits per heavy atom. The van der Waals surface area contributed by atoms with E-state index in [2.05, 4.69) is 33.3 Å². The molecule has 0 aromatic rings. The molecule has 0 radical (unpaired) electrons. The molecule has 1 heterocycles. The third-order valence-corrected chi connectivity index (χ3v) is 7.41. The molecular weight excluding hydrogens is 348 g/mol. The van der Waals surface area contributed by atoms with Crippen molar-refractivity contribution in [1.82, 2.24) is 16.0 Å². The Morgan fingerprint density at radius 3 is 2.32 bits per heavy atom. The topological polar surface area (TPSA) is 62.1 Å². The minimum Gasteiger partial charge on any atom is -0.389 e. The van der Waals surface area contributed by atoms with Crippen LogP contribution in [-0.2, 0) is 0 Å². The summed E-state index contributed by atoms with van der Waals surface area (Å²) in [7, 11) is 4.14. The third-order valence-electron chi connectivity index (χ3n) is 4.40. The van der Waals surface area contributed by atoms with Crippen molar-refractivity contribution >= 4 is 21.6 Å². The second kappa shape index (κ2) is 17.5. The van der Waals surface area contributed by atoms with Gasteiger partial charge in [0.25, 0.3) is 0 Å². The van der Waals surface area contributed by atoms with Crippen molar-refractivity contribution in [3.05, 3.63) is 12.3 Å². The van der Waals surface area contributed by atoms with Crippen molar-refractivity contribution < 1.29 is 0 Å². The van der Waals surface area contributed by atoms with Gasteiger partial charge in [0.1, 0.15) is 0 Å². The van der Waals surface area contributed by atoms with E-state index in [1.54, 1.807) is 0 Å². The lowest BCUT2D eigenvalue weighted by molar-refractivity contribution is 0.560. The van der Waals surface area contributed by atoms with Crippen LogP contribution in [0.1, 0.15) is 57.8 Å². The van der Waals surface area contributed by atoms with Crippen LogP contribution in [0.5, 0.6) is 0 Å². The number of unbranched alkanes of at least 4 members (excludes halogenated alkanes) is 2. The van der Waals surface area contributed by atoms with Crippen molar-refractivity contribution in [2.75, 3.05) is 45.0 Å². The van der Waals surface area contributed by atoms with E-state index in [1.807, 2.05) is 10.8 Å². The van der Waals surface area contributed by atoms with E-state index >= 15 is 0 Å². The molecule has 25 heavy (non-hydrogen) atoms. The van der Waals surface area contributed by atoms with E-state index in [-0.39, 0.29) is 0 Å². The van der Waals surface area contributed by atoms with Gasteiger partial charge in [-0.3, -0.25) is 0 Å². The molecule has 148 valence electrons. The predicted octanol–water partition coefficient (Wildman–Crippen LogP) is 3.50. The molecular formula is C19H40N4S2. The fourth-order valence-corrected chi connectivity index (χ4v) is 5.85. The van der Waals surface area contributed by atoms with Gasteiger partial charge in [0.15, 0.2) is 0 Å². The minimum atomic E-state index is 0.786. The molecule has 1 aliphatic rings. The molecule has 5 N–H and O–H groups in total. The molecule has 4 nitrogen and oxygen atoms in total. The smallest absolute Gasteiger partial charge is 0.0159 e. The Hall–Kier alpha value is 0.120. The van der Waals surface area contributed by atoms with Crippen LogP contribution >= 0.6 is 21.6 Å². The average Bonchev–Trinajstić information content (AvgIpc) is 3.13. The lowest BCUT2D eigenvalue weighted by Crippen LogP contribution is -2.23. The molecule has 0 spiro atoms. The second-order valence-corrected chi connectivity index (χ2v) is 9.60. The molecule has 1 saturated heterocycles. The van der Waals surface area contributed by atoms with Gasteiger partial charge in [0, 0.05) is 23.2 Å². The van der Waals surface area contributed by atoms with E-state index < -0.39 is 0 Å². The molecule has 1 rings (SSSR count). The summed E-state index contributed by atoms with van der Waals surface area (Å²) >= 11 is 0. The van der Waals surface area contributed by atoms with Gasteiger partial charge in [-0.1, -0.05) is 34.6 Å². The standard InChI is InChI=1S/C19H40N4S2/c1-18(8-2-3-9-19-10-17-24-25-19)23-16-7-15-22-13-5-4-12-21-14-6-11-20/h19,21-23H,1-17,20H2. The van der Waals surface area contributed by atoms with Crippen molar-refractivity contribution in [1.29, 1.82) is 0 Å². The van der Waals surface area contributed by atoms with Crippen molar-refractivity contribution in [2.24, 2.45) is 5.73 Å². The summed E-state index contributed by atoms with van der Waals surface area (Å²) in [5.74, 6) is 1.35. The molecule has 0 saturated carbocycles. The first-order valence-corrected chi connectivity index (χ1v) is 12.5. The summed E-state index contributed by atoms with van der Waals surface area (Å²) in [5, 5.41) is 11.3. The van der Waals surface area contributed by atoms with E-state index in [9.17, 15) is 0 Å². The number of nitrogens with two attached hydrogens (primary N) is 1. The van der Waals surface area contributed by atoms with E-state index in [4.69, 9.17) is 5.73 Å². The molecule has 0 aromatic carbocycles. The van der Waals surface area contributed by atoms with Gasteiger partial charge in [-0.2, -0.15) is 0 Å². The number of allylic oxidation sites excluding steroid dienone is 1. The second-order valence-electron chi connectivity index (χ2n) is 6.81. The Bertz CT molecular complexity index is 310. The van der Waals surface area contributed by atoms with E-state index in [0.717, 1.165) is 57.4 Å². The lowest BCUT2D eigenvalue weighted by Gasteiger charge is -2.11. The van der Waals surface area contributed by atoms with Gasteiger partial charge < -0.3 is 21.7 Å². The highest BCUT2D eigenvalue weighted by Crippen LogP contribution is 2.39. The molecule has 1 unspecified atom stereocenters. The Balaban J connectivity index is 1.73. The average molecular weight is 389 g/mol. The van der Waals surface area contributed by atoms with Crippen LogP contribution in [0.25, 0.3) is 0 Å². The first-order valence-electron chi connectivity index (χ1n) is 10.1. The highest BCUT2D eigenvalue weighted by molar-refractivity contribution is 8.77. The van der Waals surface area contributed by atoms with Gasteiger partial charge in [0.05, 0.1) is 0 Å². The largest absolute Gasteiger partial charge is 0.389 e. The van der Waals surface area contributed by atoms with Crippen LogP contribution in [0, 0.1) is 0 Å². The molecule has 1 fully saturated rings. The zero-order chi connectivity index (χ0) is 18.0. The maximum absolute atomic E-state index is 5.46. The van der Waals surface area contributed by atoms with E-state index in [0.29, 0.717) is 0 Å². The summed E-state index contributed by atoms with van der Waals surface area (Å²) in [6.45, 7) is 10.4. The number of nitrogens with one attached hydrogen (secondary N) is 3. The van der Waals surface area contributed by atoms with Crippen LogP contribution in [0.15, 0.2) is 12.3 Å². The van der Waals surface area contributed by atoms with Gasteiger partial charge in [-0.15, -0.1) is 0 Å². The van der Waals surface area contributed by atoms with Crippen molar-refractivity contribution in [2.45, 2.75) is 63.0 Å². The minimum absolute atomic E-state index is 0.786. The first-order chi connectivity index (χ1) is 12.3. The van der Waals surface area contributed by atoms with Crippen LogP contribution in [0.3, 0.4) is 0 Å². The van der Waals surface area contributed by atoms with Gasteiger partial charge in [-0.25, -0.2) is 0 Å². The predicted molar refractivity (Wildman–Crippen MR) is 117 cm³/mol. The summed E-state index contributed by atoms with van der Waals surface area (Å²) < 4.78 is 0. The Labute approximate surface area is 163 Å². The quantitative estimate of drug-likeness (QED) is 0.213. The van der Waals surface area contributed by atoms with Crippen LogP contribution in [-0.4, -0.2) is 50.3 Å². The van der Waals surface area contributed by atoms with Crippen LogP contribution < -0.4 is 21.7 Å². The number of hydrogen-bond donors (Lipinski definition) is 4. The normalized spacial score (nSPS) is 17.1. The van der Waals surface area contributed by atoms with Gasteiger partial charge >= 0.3 is 0 Å². The molecule has 1 aliphatic heterocycles. The molecule has 0 bridgehead atoms. The Kier molecular flexibility index (Phi) is 16.2. The molecule has 6 heteroatoms. The molecule has 0 aliphatic carbocycles. The number of hydrogen-bond acceptors (Lipinski definition) is 6. The zero-order valence-corrected chi connectivity index (χ0v) is 17.6. The number of rotatable bonds is 18. The Morgan fingerprint density at radius 1 is 0.920 bits per heavy atom. The maximum Gasteiger partial charge on any atom is 0.0159 e. The zero-order valence-electron chi connectivity index (χ0n) is 16.0. The fraction of sp³-hybridized carbons (Fsp3) is 0.895. The highest BCUT2D eigenvalue weighted by atomic mass is 33.1. The van der Waals surface area contributed by atoms with Crippen LogP contribution in [0.2, 0.25) is 0 Å².